The van der Waals surface area contributed by atoms with Crippen molar-refractivity contribution in [2.45, 2.75) is 82.9 Å². The van der Waals surface area contributed by atoms with Gasteiger partial charge in [0.05, 0.1) is 30.7 Å². The van der Waals surface area contributed by atoms with E-state index >= 15 is 0 Å². The number of alkyl halides is 3. The van der Waals surface area contributed by atoms with Crippen LogP contribution in [0.2, 0.25) is 0 Å². The highest BCUT2D eigenvalue weighted by Crippen LogP contribution is 2.40. The molecule has 41 heavy (non-hydrogen) atoms. The SMILES string of the molecule is Cc1c(S(=O)(=O)N2C[C@H](CNC(=O)C(C)(C)O)Oc3ccc(NC(=O)OC(C)(C)C(F)(F)F)cc32)cnn1C(C)C. The summed E-state index contributed by atoms with van der Waals surface area (Å²) >= 11 is 0. The number of aliphatic hydroxyl groups is 1. The topological polar surface area (TPSA) is 152 Å². The number of fused-ring (bicyclic) bond motifs is 1. The van der Waals surface area contributed by atoms with Crippen molar-refractivity contribution in [3.63, 3.8) is 0 Å². The molecule has 16 heteroatoms. The van der Waals surface area contributed by atoms with Crippen molar-refractivity contribution in [3.05, 3.63) is 30.1 Å². The van der Waals surface area contributed by atoms with E-state index in [2.05, 4.69) is 20.5 Å². The lowest BCUT2D eigenvalue weighted by atomic mass is 10.1. The molecule has 0 fully saturated rings. The van der Waals surface area contributed by atoms with Crippen molar-refractivity contribution in [1.29, 1.82) is 0 Å². The van der Waals surface area contributed by atoms with E-state index in [4.69, 9.17) is 4.74 Å². The molecule has 0 bridgehead atoms. The van der Waals surface area contributed by atoms with E-state index in [1.165, 1.54) is 42.9 Å². The first-order valence-corrected chi connectivity index (χ1v) is 14.0. The lowest BCUT2D eigenvalue weighted by molar-refractivity contribution is -0.242. The van der Waals surface area contributed by atoms with Crippen LogP contribution in [0, 0.1) is 6.92 Å². The summed E-state index contributed by atoms with van der Waals surface area (Å²) in [6.45, 7) is 8.79. The Morgan fingerprint density at radius 1 is 1.22 bits per heavy atom. The van der Waals surface area contributed by atoms with Gasteiger partial charge < -0.3 is 19.9 Å². The van der Waals surface area contributed by atoms with Gasteiger partial charge in [-0.3, -0.25) is 19.1 Å². The molecular weight excluding hydrogens is 571 g/mol. The minimum absolute atomic E-state index is 0.0142. The van der Waals surface area contributed by atoms with E-state index in [9.17, 15) is 36.3 Å². The molecule has 228 valence electrons. The number of benzene rings is 1. The Morgan fingerprint density at radius 2 is 1.85 bits per heavy atom. The quantitative estimate of drug-likeness (QED) is 0.414. The summed E-state index contributed by atoms with van der Waals surface area (Å²) in [4.78, 5) is 24.4. The van der Waals surface area contributed by atoms with E-state index in [0.717, 1.165) is 4.31 Å². The number of nitrogens with zero attached hydrogens (tertiary/aromatic N) is 3. The molecule has 0 unspecified atom stereocenters. The number of halogens is 3. The number of hydrogen-bond donors (Lipinski definition) is 3. The zero-order valence-corrected chi connectivity index (χ0v) is 24.5. The Bertz CT molecular complexity index is 1420. The van der Waals surface area contributed by atoms with Gasteiger partial charge in [0.2, 0.25) is 5.60 Å². The summed E-state index contributed by atoms with van der Waals surface area (Å²) < 4.78 is 80.3. The first-order valence-electron chi connectivity index (χ1n) is 12.6. The molecule has 0 saturated heterocycles. The average Bonchev–Trinajstić information content (AvgIpc) is 3.22. The Labute approximate surface area is 235 Å². The zero-order chi connectivity index (χ0) is 31.1. The molecule has 1 atom stereocenters. The van der Waals surface area contributed by atoms with Crippen LogP contribution in [0.3, 0.4) is 0 Å². The molecule has 3 N–H and O–H groups in total. The standard InChI is InChI=1S/C25H34F3N5O7S/c1-14(2)33-15(3)20(12-30-33)41(37,38)32-13-17(11-29-21(34)23(4,5)36)39-19-9-8-16(10-18(19)32)31-22(35)40-24(6,7)25(26,27)28/h8-10,12,14,17,36H,11,13H2,1-7H3,(H,29,34)(H,31,35)/t17-/m0/s1. The summed E-state index contributed by atoms with van der Waals surface area (Å²) in [5.74, 6) is -0.638. The van der Waals surface area contributed by atoms with Crippen LogP contribution >= 0.6 is 0 Å². The molecule has 0 aliphatic carbocycles. The predicted molar refractivity (Wildman–Crippen MR) is 142 cm³/mol. The van der Waals surface area contributed by atoms with Gasteiger partial charge in [0.15, 0.2) is 0 Å². The normalized spacial score (nSPS) is 16.2. The van der Waals surface area contributed by atoms with Gasteiger partial charge in [-0.05, 0) is 66.7 Å². The number of carbonyl (C=O) groups is 2. The van der Waals surface area contributed by atoms with Crippen molar-refractivity contribution in [2.75, 3.05) is 22.7 Å². The maximum Gasteiger partial charge on any atom is 0.427 e. The molecule has 0 radical (unpaired) electrons. The first-order chi connectivity index (χ1) is 18.6. The van der Waals surface area contributed by atoms with Crippen LogP contribution in [0.4, 0.5) is 29.3 Å². The molecule has 12 nitrogen and oxygen atoms in total. The summed E-state index contributed by atoms with van der Waals surface area (Å²) in [6.07, 6.45) is -5.91. The van der Waals surface area contributed by atoms with Crippen LogP contribution in [-0.2, 0) is 19.6 Å². The number of rotatable bonds is 8. The van der Waals surface area contributed by atoms with E-state index < -0.39 is 45.5 Å². The van der Waals surface area contributed by atoms with Gasteiger partial charge in [-0.1, -0.05) is 0 Å². The van der Waals surface area contributed by atoms with Gasteiger partial charge >= 0.3 is 12.3 Å². The Morgan fingerprint density at radius 3 is 2.39 bits per heavy atom. The van der Waals surface area contributed by atoms with Crippen molar-refractivity contribution >= 4 is 33.4 Å². The Balaban J connectivity index is 1.99. The summed E-state index contributed by atoms with van der Waals surface area (Å²) in [5, 5.41) is 18.8. The minimum Gasteiger partial charge on any atom is -0.484 e. The van der Waals surface area contributed by atoms with Crippen molar-refractivity contribution in [2.24, 2.45) is 0 Å². The third kappa shape index (κ3) is 6.86. The largest absolute Gasteiger partial charge is 0.484 e. The van der Waals surface area contributed by atoms with Crippen LogP contribution in [0.5, 0.6) is 5.75 Å². The highest BCUT2D eigenvalue weighted by atomic mass is 32.2. The molecule has 1 aliphatic rings. The second-order valence-corrected chi connectivity index (χ2v) is 12.7. The maximum absolute atomic E-state index is 13.9. The molecule has 3 rings (SSSR count). The minimum atomic E-state index is -4.83. The third-order valence-electron chi connectivity index (χ3n) is 6.27. The highest BCUT2D eigenvalue weighted by Gasteiger charge is 2.51. The molecule has 1 aromatic heterocycles. The average molecular weight is 606 g/mol. The molecule has 1 aromatic carbocycles. The molecule has 0 spiro atoms. The third-order valence-corrected chi connectivity index (χ3v) is 8.15. The number of anilines is 2. The first kappa shape index (κ1) is 32.0. The van der Waals surface area contributed by atoms with Gasteiger partial charge in [0.25, 0.3) is 15.9 Å². The van der Waals surface area contributed by atoms with Crippen molar-refractivity contribution in [3.8, 4) is 5.75 Å². The Kier molecular flexibility index (Phi) is 8.61. The van der Waals surface area contributed by atoms with Crippen molar-refractivity contribution < 1.29 is 45.8 Å². The molecule has 1 aliphatic heterocycles. The van der Waals surface area contributed by atoms with Crippen LogP contribution in [0.1, 0.15) is 53.3 Å². The maximum atomic E-state index is 13.9. The number of amides is 2. The summed E-state index contributed by atoms with van der Waals surface area (Å²) in [7, 11) is -4.30. The van der Waals surface area contributed by atoms with Crippen LogP contribution in [-0.4, -0.2) is 71.9 Å². The van der Waals surface area contributed by atoms with Gasteiger partial charge in [-0.25, -0.2) is 13.2 Å². The van der Waals surface area contributed by atoms with E-state index in [-0.39, 0.29) is 41.2 Å². The van der Waals surface area contributed by atoms with Crippen LogP contribution in [0.25, 0.3) is 0 Å². The second kappa shape index (κ2) is 11.0. The number of hydrogen-bond acceptors (Lipinski definition) is 8. The zero-order valence-electron chi connectivity index (χ0n) is 23.7. The van der Waals surface area contributed by atoms with E-state index in [0.29, 0.717) is 19.5 Å². The summed E-state index contributed by atoms with van der Waals surface area (Å²) in [6, 6.07) is 3.72. The van der Waals surface area contributed by atoms with Crippen molar-refractivity contribution in [1.82, 2.24) is 15.1 Å². The van der Waals surface area contributed by atoms with E-state index in [1.54, 1.807) is 6.92 Å². The smallest absolute Gasteiger partial charge is 0.427 e. The Hall–Kier alpha value is -3.53. The number of aromatic nitrogens is 2. The molecule has 2 amide bonds. The summed E-state index contributed by atoms with van der Waals surface area (Å²) in [5.41, 5.74) is -4.17. The van der Waals surface area contributed by atoms with Crippen LogP contribution < -0.4 is 19.7 Å². The molecule has 0 saturated carbocycles. The second-order valence-electron chi connectivity index (χ2n) is 10.9. The van der Waals surface area contributed by atoms with Gasteiger partial charge in [0, 0.05) is 11.7 Å². The number of nitrogens with one attached hydrogen (secondary N) is 2. The fraction of sp³-hybridized carbons (Fsp3) is 0.560. The monoisotopic (exact) mass is 605 g/mol. The fourth-order valence-corrected chi connectivity index (χ4v) is 5.53. The molecule has 2 aromatic rings. The fourth-order valence-electron chi connectivity index (χ4n) is 3.88. The van der Waals surface area contributed by atoms with E-state index in [1.807, 2.05) is 13.8 Å². The molecular formula is C25H34F3N5O7S. The molecule has 2 heterocycles. The lowest BCUT2D eigenvalue weighted by Gasteiger charge is -2.36. The van der Waals surface area contributed by atoms with Gasteiger partial charge in [0.1, 0.15) is 22.4 Å². The van der Waals surface area contributed by atoms with Gasteiger partial charge in [-0.2, -0.15) is 18.3 Å². The number of sulfonamides is 1. The predicted octanol–water partition coefficient (Wildman–Crippen LogP) is 3.51. The number of carbonyl (C=O) groups excluding carboxylic acids is 2. The van der Waals surface area contributed by atoms with Crippen LogP contribution in [0.15, 0.2) is 29.3 Å². The number of ether oxygens (including phenoxy) is 2. The van der Waals surface area contributed by atoms with Gasteiger partial charge in [-0.15, -0.1) is 0 Å². The lowest BCUT2D eigenvalue weighted by Crippen LogP contribution is -2.51. The highest BCUT2D eigenvalue weighted by molar-refractivity contribution is 7.92.